The lowest BCUT2D eigenvalue weighted by Crippen LogP contribution is -2.32. The maximum Gasteiger partial charge on any atom is 0.291 e. The van der Waals surface area contributed by atoms with Gasteiger partial charge in [0.25, 0.3) is 5.56 Å². The molecule has 1 aliphatic carbocycles. The fraction of sp³-hybridized carbons (Fsp3) is 0.600. The smallest absolute Gasteiger partial charge is 0.291 e. The first kappa shape index (κ1) is 14.9. The van der Waals surface area contributed by atoms with Crippen LogP contribution in [0, 0.1) is 18.3 Å². The first-order valence-electron chi connectivity index (χ1n) is 7.11. The van der Waals surface area contributed by atoms with Gasteiger partial charge in [-0.15, -0.1) is 12.3 Å². The Balaban J connectivity index is 2.20. The molecule has 0 spiro atoms. The summed E-state index contributed by atoms with van der Waals surface area (Å²) in [7, 11) is 0. The van der Waals surface area contributed by atoms with E-state index in [0.717, 1.165) is 6.42 Å². The van der Waals surface area contributed by atoms with Crippen molar-refractivity contribution in [3.05, 3.63) is 21.6 Å². The first-order chi connectivity index (χ1) is 9.65. The van der Waals surface area contributed by atoms with E-state index in [2.05, 4.69) is 16.3 Å². The highest BCUT2D eigenvalue weighted by Crippen LogP contribution is 2.27. The monoisotopic (exact) mass is 293 g/mol. The molecular weight excluding hydrogens is 274 g/mol. The SMILES string of the molecule is C#CCC(CC)Nc1c(Cl)cnn(CC2CCC2)c1=O. The number of halogens is 1. The quantitative estimate of drug-likeness (QED) is 0.820. The third-order valence-corrected chi connectivity index (χ3v) is 4.15. The van der Waals surface area contributed by atoms with E-state index >= 15 is 0 Å². The molecule has 1 heterocycles. The van der Waals surface area contributed by atoms with Crippen LogP contribution in [0.4, 0.5) is 5.69 Å². The Labute approximate surface area is 124 Å². The highest BCUT2D eigenvalue weighted by atomic mass is 35.5. The molecule has 1 N–H and O–H groups in total. The van der Waals surface area contributed by atoms with Crippen LogP contribution in [-0.4, -0.2) is 15.8 Å². The van der Waals surface area contributed by atoms with Crippen LogP contribution in [0.3, 0.4) is 0 Å². The van der Waals surface area contributed by atoms with Crippen molar-refractivity contribution in [1.29, 1.82) is 0 Å². The van der Waals surface area contributed by atoms with E-state index in [1.165, 1.54) is 30.1 Å². The molecule has 1 aliphatic rings. The zero-order chi connectivity index (χ0) is 14.5. The van der Waals surface area contributed by atoms with Gasteiger partial charge in [-0.3, -0.25) is 4.79 Å². The van der Waals surface area contributed by atoms with Gasteiger partial charge in [0.2, 0.25) is 0 Å². The van der Waals surface area contributed by atoms with Gasteiger partial charge in [0.1, 0.15) is 5.69 Å². The molecule has 0 amide bonds. The van der Waals surface area contributed by atoms with Gasteiger partial charge in [0.05, 0.1) is 11.2 Å². The van der Waals surface area contributed by atoms with Crippen molar-refractivity contribution < 1.29 is 0 Å². The number of hydrogen-bond donors (Lipinski definition) is 1. The number of aromatic nitrogens is 2. The second-order valence-electron chi connectivity index (χ2n) is 5.31. The molecule has 4 nitrogen and oxygen atoms in total. The minimum atomic E-state index is -0.153. The molecule has 1 saturated carbocycles. The number of rotatable bonds is 6. The number of nitrogens with one attached hydrogen (secondary N) is 1. The Morgan fingerprint density at radius 2 is 2.40 bits per heavy atom. The van der Waals surface area contributed by atoms with Crippen LogP contribution >= 0.6 is 11.6 Å². The Morgan fingerprint density at radius 3 is 2.95 bits per heavy atom. The van der Waals surface area contributed by atoms with Crippen LogP contribution in [0.1, 0.15) is 39.0 Å². The average molecular weight is 294 g/mol. The minimum Gasteiger partial charge on any atom is -0.376 e. The van der Waals surface area contributed by atoms with E-state index in [9.17, 15) is 4.79 Å². The van der Waals surface area contributed by atoms with Gasteiger partial charge < -0.3 is 5.32 Å². The number of terminal acetylenes is 1. The largest absolute Gasteiger partial charge is 0.376 e. The van der Waals surface area contributed by atoms with E-state index in [1.807, 2.05) is 6.92 Å². The van der Waals surface area contributed by atoms with Gasteiger partial charge in [0.15, 0.2) is 0 Å². The molecule has 0 saturated heterocycles. The van der Waals surface area contributed by atoms with Crippen molar-refractivity contribution >= 4 is 17.3 Å². The van der Waals surface area contributed by atoms with Gasteiger partial charge >= 0.3 is 0 Å². The third kappa shape index (κ3) is 3.34. The molecule has 108 valence electrons. The van der Waals surface area contributed by atoms with Crippen molar-refractivity contribution in [2.45, 2.75) is 51.6 Å². The number of nitrogens with zero attached hydrogens (tertiary/aromatic N) is 2. The Morgan fingerprint density at radius 1 is 1.65 bits per heavy atom. The molecule has 2 rings (SSSR count). The lowest BCUT2D eigenvalue weighted by atomic mass is 9.85. The van der Waals surface area contributed by atoms with E-state index < -0.39 is 0 Å². The lowest BCUT2D eigenvalue weighted by Gasteiger charge is -2.25. The van der Waals surface area contributed by atoms with E-state index in [1.54, 1.807) is 0 Å². The van der Waals surface area contributed by atoms with Crippen LogP contribution in [0.5, 0.6) is 0 Å². The van der Waals surface area contributed by atoms with Gasteiger partial charge in [-0.2, -0.15) is 5.10 Å². The van der Waals surface area contributed by atoms with Crippen molar-refractivity contribution in [3.8, 4) is 12.3 Å². The standard InChI is InChI=1S/C15H20ClN3O/c1-3-6-12(4-2)18-14-13(16)9-17-19(15(14)20)10-11-7-5-8-11/h1,9,11-12,18H,4-8,10H2,2H3. The summed E-state index contributed by atoms with van der Waals surface area (Å²) in [6.45, 7) is 2.70. The highest BCUT2D eigenvalue weighted by molar-refractivity contribution is 6.33. The van der Waals surface area contributed by atoms with Crippen LogP contribution in [0.25, 0.3) is 0 Å². The maximum absolute atomic E-state index is 12.4. The van der Waals surface area contributed by atoms with Gasteiger partial charge in [0, 0.05) is 19.0 Å². The van der Waals surface area contributed by atoms with Gasteiger partial charge in [-0.05, 0) is 25.2 Å². The Kier molecular flexibility index (Phi) is 5.08. The van der Waals surface area contributed by atoms with E-state index in [0.29, 0.717) is 29.6 Å². The first-order valence-corrected chi connectivity index (χ1v) is 7.49. The molecule has 0 aromatic carbocycles. The summed E-state index contributed by atoms with van der Waals surface area (Å²) >= 11 is 6.10. The van der Waals surface area contributed by atoms with Crippen LogP contribution in [0.2, 0.25) is 5.02 Å². The molecule has 1 unspecified atom stereocenters. The highest BCUT2D eigenvalue weighted by Gasteiger charge is 2.20. The summed E-state index contributed by atoms with van der Waals surface area (Å²) in [5.41, 5.74) is 0.267. The Bertz CT molecular complexity index is 557. The van der Waals surface area contributed by atoms with Crippen molar-refractivity contribution in [1.82, 2.24) is 9.78 Å². The second kappa shape index (κ2) is 6.81. The number of anilines is 1. The summed E-state index contributed by atoms with van der Waals surface area (Å²) < 4.78 is 1.51. The minimum absolute atomic E-state index is 0.0600. The molecular formula is C15H20ClN3O. The topological polar surface area (TPSA) is 46.9 Å². The number of hydrogen-bond acceptors (Lipinski definition) is 3. The van der Waals surface area contributed by atoms with Crippen molar-refractivity contribution in [2.75, 3.05) is 5.32 Å². The van der Waals surface area contributed by atoms with Crippen LogP contribution in [-0.2, 0) is 6.54 Å². The predicted molar refractivity (Wildman–Crippen MR) is 82.0 cm³/mol. The zero-order valence-electron chi connectivity index (χ0n) is 11.7. The average Bonchev–Trinajstić information content (AvgIpc) is 2.39. The maximum atomic E-state index is 12.4. The van der Waals surface area contributed by atoms with Gasteiger partial charge in [-0.25, -0.2) is 4.68 Å². The fourth-order valence-electron chi connectivity index (χ4n) is 2.29. The van der Waals surface area contributed by atoms with Crippen molar-refractivity contribution in [3.63, 3.8) is 0 Å². The summed E-state index contributed by atoms with van der Waals surface area (Å²) in [6.07, 6.45) is 11.9. The molecule has 1 aromatic heterocycles. The molecule has 1 atom stereocenters. The summed E-state index contributed by atoms with van der Waals surface area (Å²) in [5, 5.41) is 7.66. The van der Waals surface area contributed by atoms with Crippen molar-refractivity contribution in [2.24, 2.45) is 5.92 Å². The molecule has 1 fully saturated rings. The summed E-state index contributed by atoms with van der Waals surface area (Å²) in [6, 6.07) is 0.0600. The zero-order valence-corrected chi connectivity index (χ0v) is 12.5. The van der Waals surface area contributed by atoms with Gasteiger partial charge in [-0.1, -0.05) is 24.9 Å². The summed E-state index contributed by atoms with van der Waals surface area (Å²) in [4.78, 5) is 12.4. The molecule has 5 heteroatoms. The fourth-order valence-corrected chi connectivity index (χ4v) is 2.47. The van der Waals surface area contributed by atoms with E-state index in [4.69, 9.17) is 18.0 Å². The lowest BCUT2D eigenvalue weighted by molar-refractivity contribution is 0.262. The molecule has 0 radical (unpaired) electrons. The molecule has 20 heavy (non-hydrogen) atoms. The molecule has 1 aromatic rings. The normalized spacial score (nSPS) is 16.2. The third-order valence-electron chi connectivity index (χ3n) is 3.86. The second-order valence-corrected chi connectivity index (χ2v) is 5.72. The Hall–Kier alpha value is -1.47. The molecule has 0 aliphatic heterocycles. The molecule has 0 bridgehead atoms. The van der Waals surface area contributed by atoms with Crippen LogP contribution in [0.15, 0.2) is 11.0 Å². The van der Waals surface area contributed by atoms with Crippen LogP contribution < -0.4 is 10.9 Å². The predicted octanol–water partition coefficient (Wildman–Crippen LogP) is 2.91. The summed E-state index contributed by atoms with van der Waals surface area (Å²) in [5.74, 6) is 3.18. The van der Waals surface area contributed by atoms with E-state index in [-0.39, 0.29) is 11.6 Å².